The number of imide groups is 1. The third-order valence-corrected chi connectivity index (χ3v) is 11.1. The molecule has 1 saturated carbocycles. The van der Waals surface area contributed by atoms with Gasteiger partial charge in [-0.15, -0.1) is 10.2 Å². The minimum Gasteiger partial charge on any atom is -0.507 e. The number of phenolic OH excluding ortho intramolecular Hbond substituents is 1. The van der Waals surface area contributed by atoms with Crippen molar-refractivity contribution in [3.8, 4) is 28.1 Å². The molecule has 50 heavy (non-hydrogen) atoms. The van der Waals surface area contributed by atoms with Crippen LogP contribution in [0.2, 0.25) is 0 Å². The van der Waals surface area contributed by atoms with Gasteiger partial charge in [0.25, 0.3) is 11.8 Å². The number of phenols is 1. The maximum atomic E-state index is 15.9. The Bertz CT molecular complexity index is 1910. The fourth-order valence-corrected chi connectivity index (χ4v) is 7.86. The van der Waals surface area contributed by atoms with Crippen LogP contribution in [0.5, 0.6) is 5.75 Å². The maximum Gasteiger partial charge on any atom is 0.267 e. The molecule has 2 aromatic heterocycles. The first kappa shape index (κ1) is 33.6. The number of alkyl halides is 2. The summed E-state index contributed by atoms with van der Waals surface area (Å²) in [6.45, 7) is 2.06. The topological polar surface area (TPSA) is 142 Å². The van der Waals surface area contributed by atoms with Crippen LogP contribution < -0.4 is 16.0 Å². The number of rotatable bonds is 7. The summed E-state index contributed by atoms with van der Waals surface area (Å²) in [4.78, 5) is 28.2. The molecule has 4 aromatic rings. The zero-order chi connectivity index (χ0) is 35.2. The number of para-hydroxylation sites is 1. The van der Waals surface area contributed by atoms with Crippen LogP contribution in [0.3, 0.4) is 0 Å². The number of carbonyl (C=O) groups excluding carboxylic acids is 2. The molecular weight excluding hydrogens is 642 g/mol. The Hall–Kier alpha value is -4.91. The summed E-state index contributed by atoms with van der Waals surface area (Å²) >= 11 is 0. The van der Waals surface area contributed by atoms with Gasteiger partial charge in [0.05, 0.1) is 30.4 Å². The number of halogens is 2. The molecule has 11 nitrogen and oxygen atoms in total. The number of nitrogens with one attached hydrogen (secondary N) is 1. The molecule has 0 radical (unpaired) electrons. The molecule has 2 aromatic carbocycles. The van der Waals surface area contributed by atoms with Gasteiger partial charge < -0.3 is 15.7 Å². The van der Waals surface area contributed by atoms with E-state index < -0.39 is 17.4 Å². The standard InChI is InChI=1S/C37H42F2N8O3/c1-36(16-14-33(49)42-35(36)50)45(2)27-7-5-6-23(18-27)30-15-17-46(22-37(30,38)39)25-10-12-26(13-11-25)47-21-24(20-41-47)29-19-31(43-44-34(29)40)28-8-3-4-9-32(28)48/h3-9,18-21,25-26,30,48H,10-17,22H2,1-2H3,(H2,40,44)(H,42,49,50)/t25-,26-,30-,36-/m0/s1. The highest BCUT2D eigenvalue weighted by Gasteiger charge is 2.48. The van der Waals surface area contributed by atoms with Gasteiger partial charge in [0.1, 0.15) is 11.3 Å². The van der Waals surface area contributed by atoms with Crippen molar-refractivity contribution >= 4 is 23.3 Å². The lowest BCUT2D eigenvalue weighted by atomic mass is 9.83. The molecule has 4 N–H and O–H groups in total. The van der Waals surface area contributed by atoms with E-state index in [9.17, 15) is 14.7 Å². The largest absolute Gasteiger partial charge is 0.507 e. The van der Waals surface area contributed by atoms with Gasteiger partial charge in [-0.3, -0.25) is 24.5 Å². The number of nitrogens with zero attached hydrogens (tertiary/aromatic N) is 6. The van der Waals surface area contributed by atoms with Crippen LogP contribution in [0.1, 0.15) is 69.4 Å². The molecule has 7 rings (SSSR count). The van der Waals surface area contributed by atoms with Crippen molar-refractivity contribution in [3.05, 3.63) is 72.6 Å². The zero-order valence-electron chi connectivity index (χ0n) is 28.2. The van der Waals surface area contributed by atoms with Gasteiger partial charge in [-0.1, -0.05) is 24.3 Å². The van der Waals surface area contributed by atoms with Crippen LogP contribution in [-0.2, 0) is 9.59 Å². The van der Waals surface area contributed by atoms with Crippen LogP contribution in [-0.4, -0.2) is 79.4 Å². The summed E-state index contributed by atoms with van der Waals surface area (Å²) in [7, 11) is 1.77. The number of likely N-dealkylation sites (N-methyl/N-ethyl adjacent to an activating group) is 1. The Kier molecular flexibility index (Phi) is 8.79. The third-order valence-electron chi connectivity index (χ3n) is 11.1. The molecule has 2 aliphatic heterocycles. The van der Waals surface area contributed by atoms with E-state index >= 15 is 8.78 Å². The molecule has 13 heteroatoms. The maximum absolute atomic E-state index is 15.9. The van der Waals surface area contributed by atoms with E-state index in [0.29, 0.717) is 47.5 Å². The Morgan fingerprint density at radius 1 is 0.980 bits per heavy atom. The first-order valence-corrected chi connectivity index (χ1v) is 17.2. The van der Waals surface area contributed by atoms with Crippen molar-refractivity contribution in [1.29, 1.82) is 0 Å². The number of nitrogen functional groups attached to an aromatic ring is 1. The van der Waals surface area contributed by atoms with E-state index in [1.165, 1.54) is 0 Å². The molecule has 1 aliphatic carbocycles. The molecule has 262 valence electrons. The van der Waals surface area contributed by atoms with Gasteiger partial charge in [0.2, 0.25) is 5.91 Å². The molecule has 0 bridgehead atoms. The fourth-order valence-electron chi connectivity index (χ4n) is 7.86. The number of aromatic nitrogens is 4. The molecule has 3 fully saturated rings. The number of amides is 2. The van der Waals surface area contributed by atoms with Crippen molar-refractivity contribution in [2.45, 2.75) is 81.3 Å². The van der Waals surface area contributed by atoms with Crippen molar-refractivity contribution in [2.24, 2.45) is 0 Å². The summed E-state index contributed by atoms with van der Waals surface area (Å²) in [5.74, 6) is -4.16. The number of anilines is 2. The number of hydrogen-bond donors (Lipinski definition) is 3. The average molecular weight is 685 g/mol. The summed E-state index contributed by atoms with van der Waals surface area (Å²) < 4.78 is 33.8. The van der Waals surface area contributed by atoms with Crippen LogP contribution in [0.15, 0.2) is 67.0 Å². The predicted molar refractivity (Wildman–Crippen MR) is 186 cm³/mol. The summed E-state index contributed by atoms with van der Waals surface area (Å²) in [6, 6.07) is 16.0. The lowest BCUT2D eigenvalue weighted by molar-refractivity contribution is -0.137. The Morgan fingerprint density at radius 2 is 1.74 bits per heavy atom. The van der Waals surface area contributed by atoms with Crippen LogP contribution in [0.25, 0.3) is 22.4 Å². The second-order valence-corrected chi connectivity index (χ2v) is 14.1. The lowest BCUT2D eigenvalue weighted by Gasteiger charge is -2.44. The van der Waals surface area contributed by atoms with E-state index in [1.54, 1.807) is 67.5 Å². The number of piperidine rings is 2. The number of aromatic hydroxyl groups is 1. The number of hydrogen-bond acceptors (Lipinski definition) is 9. The number of nitrogens with two attached hydrogens (primary N) is 1. The van der Waals surface area contributed by atoms with Gasteiger partial charge in [0.15, 0.2) is 5.82 Å². The fraction of sp³-hybridized carbons (Fsp3) is 0.432. The number of likely N-dealkylation sites (tertiary alicyclic amines) is 1. The normalized spacial score (nSPS) is 25.6. The van der Waals surface area contributed by atoms with Crippen molar-refractivity contribution in [2.75, 3.05) is 30.8 Å². The second-order valence-electron chi connectivity index (χ2n) is 14.1. The van der Waals surface area contributed by atoms with E-state index in [2.05, 4.69) is 20.6 Å². The van der Waals surface area contributed by atoms with E-state index in [0.717, 1.165) is 31.2 Å². The smallest absolute Gasteiger partial charge is 0.267 e. The molecule has 2 amide bonds. The minimum atomic E-state index is -2.92. The monoisotopic (exact) mass is 684 g/mol. The van der Waals surface area contributed by atoms with Crippen molar-refractivity contribution in [3.63, 3.8) is 0 Å². The zero-order valence-corrected chi connectivity index (χ0v) is 28.2. The Balaban J connectivity index is 0.982. The Morgan fingerprint density at radius 3 is 2.48 bits per heavy atom. The first-order valence-electron chi connectivity index (χ1n) is 17.2. The number of benzene rings is 2. The molecule has 0 unspecified atom stereocenters. The third kappa shape index (κ3) is 6.30. The van der Waals surface area contributed by atoms with Gasteiger partial charge in [-0.25, -0.2) is 8.78 Å². The molecule has 4 heterocycles. The second kappa shape index (κ2) is 13.1. The van der Waals surface area contributed by atoms with E-state index in [1.807, 2.05) is 27.9 Å². The van der Waals surface area contributed by atoms with Gasteiger partial charge in [-0.2, -0.15) is 5.10 Å². The highest BCUT2D eigenvalue weighted by Crippen LogP contribution is 2.44. The van der Waals surface area contributed by atoms with Gasteiger partial charge in [-0.05, 0) is 87.9 Å². The van der Waals surface area contributed by atoms with Gasteiger partial charge >= 0.3 is 0 Å². The molecule has 2 atom stereocenters. The lowest BCUT2D eigenvalue weighted by Crippen LogP contribution is -2.60. The summed E-state index contributed by atoms with van der Waals surface area (Å²) in [5, 5.41) is 25.6. The van der Waals surface area contributed by atoms with E-state index in [4.69, 9.17) is 5.73 Å². The molecule has 2 saturated heterocycles. The van der Waals surface area contributed by atoms with Gasteiger partial charge in [0, 0.05) is 48.1 Å². The highest BCUT2D eigenvalue weighted by molar-refractivity contribution is 6.04. The minimum absolute atomic E-state index is 0.0687. The Labute approximate surface area is 289 Å². The van der Waals surface area contributed by atoms with Crippen molar-refractivity contribution < 1.29 is 23.5 Å². The van der Waals surface area contributed by atoms with Crippen LogP contribution >= 0.6 is 0 Å². The number of carbonyl (C=O) groups is 2. The first-order chi connectivity index (χ1) is 23.9. The van der Waals surface area contributed by atoms with Crippen LogP contribution in [0.4, 0.5) is 20.3 Å². The van der Waals surface area contributed by atoms with E-state index in [-0.39, 0.29) is 48.4 Å². The molecular formula is C37H42F2N8O3. The predicted octanol–water partition coefficient (Wildman–Crippen LogP) is 5.53. The van der Waals surface area contributed by atoms with Crippen molar-refractivity contribution in [1.82, 2.24) is 30.2 Å². The SMILES string of the molecule is CN(c1cccc([C@@H]2CCN([C@H]3CC[C@H](n4cc(-c5cc(-c6ccccc6O)nnc5N)cn4)CC3)CC2(F)F)c1)[C@@]1(C)CCC(=O)NC1=O. The highest BCUT2D eigenvalue weighted by atomic mass is 19.3. The molecule has 3 aliphatic rings. The summed E-state index contributed by atoms with van der Waals surface area (Å²) in [5.41, 5.74) is 9.00. The summed E-state index contributed by atoms with van der Waals surface area (Å²) in [6.07, 6.45) is 7.83. The van der Waals surface area contributed by atoms with Crippen LogP contribution in [0, 0.1) is 0 Å². The average Bonchev–Trinajstić information content (AvgIpc) is 3.60. The molecule has 0 spiro atoms. The quantitative estimate of drug-likeness (QED) is 0.214.